The lowest BCUT2D eigenvalue weighted by molar-refractivity contribution is 0.0528. The number of aromatic nitrogens is 2. The molecular weight excluding hydrogens is 398 g/mol. The molecular formula is C22H31N5O4. The van der Waals surface area contributed by atoms with Crippen LogP contribution in [-0.2, 0) is 17.6 Å². The van der Waals surface area contributed by atoms with Crippen LogP contribution in [0.1, 0.15) is 56.4 Å². The predicted octanol–water partition coefficient (Wildman–Crippen LogP) is 3.35. The highest BCUT2D eigenvalue weighted by atomic mass is 16.6. The largest absolute Gasteiger partial charge is 0.477 e. The second kappa shape index (κ2) is 10.6. The summed E-state index contributed by atoms with van der Waals surface area (Å²) >= 11 is 0. The minimum atomic E-state index is -0.675. The van der Waals surface area contributed by atoms with Gasteiger partial charge in [-0.2, -0.15) is 4.98 Å². The zero-order chi connectivity index (χ0) is 23.0. The molecule has 1 heterocycles. The number of alkyl carbamates (subject to hydrolysis) is 1. The molecule has 0 fully saturated rings. The van der Waals surface area contributed by atoms with Gasteiger partial charge in [-0.3, -0.25) is 4.79 Å². The highest BCUT2D eigenvalue weighted by Gasteiger charge is 2.18. The Balaban J connectivity index is 2.14. The minimum absolute atomic E-state index is 0.0531. The SMILES string of the molecule is CCOc1nc(Nc2cccc(CCNC(=O)OC(C)(C)C)c2)c(C(N)=O)nc1CC. The molecule has 9 heteroatoms. The Morgan fingerprint density at radius 3 is 2.52 bits per heavy atom. The van der Waals surface area contributed by atoms with E-state index < -0.39 is 17.6 Å². The molecule has 0 aliphatic heterocycles. The van der Waals surface area contributed by atoms with Gasteiger partial charge in [0.2, 0.25) is 5.88 Å². The Labute approximate surface area is 182 Å². The summed E-state index contributed by atoms with van der Waals surface area (Å²) in [6, 6.07) is 7.55. The van der Waals surface area contributed by atoms with Gasteiger partial charge in [0.1, 0.15) is 11.3 Å². The number of nitrogens with one attached hydrogen (secondary N) is 2. The molecule has 2 amide bonds. The number of hydrogen-bond donors (Lipinski definition) is 3. The molecule has 0 radical (unpaired) electrons. The average molecular weight is 430 g/mol. The smallest absolute Gasteiger partial charge is 0.407 e. The van der Waals surface area contributed by atoms with E-state index in [0.29, 0.717) is 43.3 Å². The minimum Gasteiger partial charge on any atom is -0.477 e. The van der Waals surface area contributed by atoms with Crippen molar-refractivity contribution < 1.29 is 19.1 Å². The molecule has 0 unspecified atom stereocenters. The summed E-state index contributed by atoms with van der Waals surface area (Å²) < 4.78 is 10.8. The van der Waals surface area contributed by atoms with E-state index >= 15 is 0 Å². The Morgan fingerprint density at radius 1 is 1.16 bits per heavy atom. The predicted molar refractivity (Wildman–Crippen MR) is 119 cm³/mol. The van der Waals surface area contributed by atoms with E-state index in [-0.39, 0.29) is 11.5 Å². The molecule has 0 aliphatic rings. The van der Waals surface area contributed by atoms with Crippen molar-refractivity contribution >= 4 is 23.5 Å². The van der Waals surface area contributed by atoms with Gasteiger partial charge in [-0.15, -0.1) is 0 Å². The van der Waals surface area contributed by atoms with E-state index in [1.54, 1.807) is 0 Å². The van der Waals surface area contributed by atoms with E-state index in [1.807, 2.05) is 58.9 Å². The molecule has 0 spiro atoms. The van der Waals surface area contributed by atoms with Gasteiger partial charge < -0.3 is 25.8 Å². The number of primary amides is 1. The number of carbonyl (C=O) groups excluding carboxylic acids is 2. The number of anilines is 2. The van der Waals surface area contributed by atoms with Crippen LogP contribution in [0.2, 0.25) is 0 Å². The molecule has 0 saturated heterocycles. The van der Waals surface area contributed by atoms with Crippen molar-refractivity contribution in [3.05, 3.63) is 41.2 Å². The molecule has 4 N–H and O–H groups in total. The van der Waals surface area contributed by atoms with Crippen molar-refractivity contribution in [3.8, 4) is 5.88 Å². The summed E-state index contributed by atoms with van der Waals surface area (Å²) in [5.74, 6) is -0.0714. The van der Waals surface area contributed by atoms with Gasteiger partial charge in [0.15, 0.2) is 11.5 Å². The van der Waals surface area contributed by atoms with Crippen molar-refractivity contribution in [3.63, 3.8) is 0 Å². The number of benzene rings is 1. The van der Waals surface area contributed by atoms with Gasteiger partial charge in [0, 0.05) is 12.2 Å². The first-order valence-electron chi connectivity index (χ1n) is 10.3. The summed E-state index contributed by atoms with van der Waals surface area (Å²) in [6.45, 7) is 10.0. The Hall–Kier alpha value is -3.36. The number of aryl methyl sites for hydroxylation is 1. The number of nitrogens with two attached hydrogens (primary N) is 1. The number of ether oxygens (including phenoxy) is 2. The summed E-state index contributed by atoms with van der Waals surface area (Å²) in [6.07, 6.45) is 0.702. The fourth-order valence-corrected chi connectivity index (χ4v) is 2.76. The fraction of sp³-hybridized carbons (Fsp3) is 0.455. The molecule has 0 atom stereocenters. The maximum atomic E-state index is 11.9. The standard InChI is InChI=1S/C22H31N5O4/c1-6-16-20(30-7-2)27-19(17(26-16)18(23)28)25-15-10-8-9-14(13-15)11-12-24-21(29)31-22(3,4)5/h8-10,13H,6-7,11-12H2,1-5H3,(H2,23,28)(H,24,29)(H,25,27). The molecule has 0 saturated carbocycles. The molecule has 2 rings (SSSR count). The quantitative estimate of drug-likeness (QED) is 0.557. The Morgan fingerprint density at radius 2 is 1.90 bits per heavy atom. The van der Waals surface area contributed by atoms with Crippen molar-refractivity contribution in [1.82, 2.24) is 15.3 Å². The van der Waals surface area contributed by atoms with Crippen LogP contribution in [0.4, 0.5) is 16.3 Å². The van der Waals surface area contributed by atoms with Crippen molar-refractivity contribution in [2.75, 3.05) is 18.5 Å². The van der Waals surface area contributed by atoms with Gasteiger partial charge in [-0.05, 0) is 58.2 Å². The number of nitrogens with zero attached hydrogens (tertiary/aromatic N) is 2. The summed E-state index contributed by atoms with van der Waals surface area (Å²) in [7, 11) is 0. The van der Waals surface area contributed by atoms with Gasteiger partial charge in [-0.1, -0.05) is 19.1 Å². The summed E-state index contributed by atoms with van der Waals surface area (Å²) in [4.78, 5) is 32.5. The molecule has 2 aromatic rings. The lowest BCUT2D eigenvalue weighted by Gasteiger charge is -2.19. The highest BCUT2D eigenvalue weighted by Crippen LogP contribution is 2.24. The third-order valence-corrected chi connectivity index (χ3v) is 4.05. The van der Waals surface area contributed by atoms with Crippen LogP contribution in [0.3, 0.4) is 0 Å². The van der Waals surface area contributed by atoms with Crippen LogP contribution in [0.5, 0.6) is 5.88 Å². The number of amides is 2. The van der Waals surface area contributed by atoms with Gasteiger partial charge in [0.25, 0.3) is 5.91 Å². The maximum absolute atomic E-state index is 11.9. The Kier molecular flexibility index (Phi) is 8.18. The van der Waals surface area contributed by atoms with Gasteiger partial charge >= 0.3 is 6.09 Å². The summed E-state index contributed by atoms with van der Waals surface area (Å²) in [5, 5.41) is 5.84. The molecule has 1 aromatic carbocycles. The number of hydrogen-bond acceptors (Lipinski definition) is 7. The third kappa shape index (κ3) is 7.44. The first-order chi connectivity index (χ1) is 14.6. The molecule has 0 aliphatic carbocycles. The van der Waals surface area contributed by atoms with Crippen LogP contribution in [0.25, 0.3) is 0 Å². The molecule has 0 bridgehead atoms. The Bertz CT molecular complexity index is 925. The molecule has 168 valence electrons. The number of rotatable bonds is 9. The van der Waals surface area contributed by atoms with E-state index in [0.717, 1.165) is 5.56 Å². The maximum Gasteiger partial charge on any atom is 0.407 e. The topological polar surface area (TPSA) is 128 Å². The van der Waals surface area contributed by atoms with Crippen LogP contribution in [0, 0.1) is 0 Å². The lowest BCUT2D eigenvalue weighted by Crippen LogP contribution is -2.33. The van der Waals surface area contributed by atoms with Crippen LogP contribution in [-0.4, -0.2) is 40.7 Å². The van der Waals surface area contributed by atoms with Gasteiger partial charge in [0.05, 0.1) is 6.61 Å². The van der Waals surface area contributed by atoms with Crippen molar-refractivity contribution in [1.29, 1.82) is 0 Å². The highest BCUT2D eigenvalue weighted by molar-refractivity contribution is 5.96. The van der Waals surface area contributed by atoms with Crippen LogP contribution >= 0.6 is 0 Å². The fourth-order valence-electron chi connectivity index (χ4n) is 2.76. The van der Waals surface area contributed by atoms with E-state index in [1.165, 1.54) is 0 Å². The van der Waals surface area contributed by atoms with Crippen LogP contribution < -0.4 is 21.1 Å². The van der Waals surface area contributed by atoms with Gasteiger partial charge in [-0.25, -0.2) is 9.78 Å². The first-order valence-corrected chi connectivity index (χ1v) is 10.3. The van der Waals surface area contributed by atoms with E-state index in [4.69, 9.17) is 15.2 Å². The summed E-state index contributed by atoms with van der Waals surface area (Å²) in [5.41, 5.74) is 7.28. The van der Waals surface area contributed by atoms with Crippen molar-refractivity contribution in [2.24, 2.45) is 5.73 Å². The monoisotopic (exact) mass is 429 g/mol. The third-order valence-electron chi connectivity index (χ3n) is 4.05. The average Bonchev–Trinajstić information content (AvgIpc) is 2.67. The molecule has 1 aromatic heterocycles. The normalized spacial score (nSPS) is 11.0. The first kappa shape index (κ1) is 23.9. The van der Waals surface area contributed by atoms with Crippen LogP contribution in [0.15, 0.2) is 24.3 Å². The number of carbonyl (C=O) groups is 2. The second-order valence-corrected chi connectivity index (χ2v) is 7.83. The molecule has 31 heavy (non-hydrogen) atoms. The zero-order valence-corrected chi connectivity index (χ0v) is 18.7. The van der Waals surface area contributed by atoms with Crippen molar-refractivity contribution in [2.45, 2.75) is 53.1 Å². The second-order valence-electron chi connectivity index (χ2n) is 7.83. The molecule has 9 nitrogen and oxygen atoms in total. The van der Waals surface area contributed by atoms with E-state index in [2.05, 4.69) is 20.6 Å². The lowest BCUT2D eigenvalue weighted by atomic mass is 10.1. The zero-order valence-electron chi connectivity index (χ0n) is 18.7. The van der Waals surface area contributed by atoms with E-state index in [9.17, 15) is 9.59 Å².